The molecule has 1 aromatic rings. The molecule has 0 saturated heterocycles. The summed E-state index contributed by atoms with van der Waals surface area (Å²) >= 11 is 0. The third-order valence-corrected chi connectivity index (χ3v) is 3.70. The van der Waals surface area contributed by atoms with Crippen molar-refractivity contribution in [3.05, 3.63) is 18.2 Å². The minimum Gasteiger partial charge on any atom is -0.493 e. The summed E-state index contributed by atoms with van der Waals surface area (Å²) in [6.07, 6.45) is 4.43. The summed E-state index contributed by atoms with van der Waals surface area (Å²) in [5.41, 5.74) is 0.865. The Balaban J connectivity index is 0.00000625. The van der Waals surface area contributed by atoms with Crippen molar-refractivity contribution in [1.29, 1.82) is 0 Å². The SMILES string of the molecule is CN=C(NCCCCCCC(=O)OC)Nc1ccc(OC)c(OC)c1.I. The van der Waals surface area contributed by atoms with Crippen LogP contribution in [-0.2, 0) is 9.53 Å². The average Bonchev–Trinajstić information content (AvgIpc) is 2.65. The molecular weight excluding hydrogens is 449 g/mol. The van der Waals surface area contributed by atoms with Gasteiger partial charge in [0, 0.05) is 31.8 Å². The van der Waals surface area contributed by atoms with Gasteiger partial charge in [-0.3, -0.25) is 9.79 Å². The van der Waals surface area contributed by atoms with E-state index in [1.165, 1.54) is 7.11 Å². The number of methoxy groups -OCH3 is 3. The van der Waals surface area contributed by atoms with Crippen LogP contribution in [0.15, 0.2) is 23.2 Å². The number of hydrogen-bond donors (Lipinski definition) is 2. The molecule has 0 atom stereocenters. The molecule has 26 heavy (non-hydrogen) atoms. The zero-order valence-corrected chi connectivity index (χ0v) is 18.3. The highest BCUT2D eigenvalue weighted by Crippen LogP contribution is 2.29. The smallest absolute Gasteiger partial charge is 0.305 e. The summed E-state index contributed by atoms with van der Waals surface area (Å²) in [5, 5.41) is 6.49. The van der Waals surface area contributed by atoms with E-state index in [0.29, 0.717) is 23.9 Å². The molecule has 1 aromatic carbocycles. The standard InChI is InChI=1S/C18H29N3O4.HI/c1-19-18(20-12-8-6-5-7-9-17(22)25-4)21-14-10-11-15(23-2)16(13-14)24-3;/h10-11,13H,5-9,12H2,1-4H3,(H2,19,20,21);1H. The summed E-state index contributed by atoms with van der Waals surface area (Å²) in [5.74, 6) is 1.90. The summed E-state index contributed by atoms with van der Waals surface area (Å²) in [4.78, 5) is 15.2. The molecule has 1 rings (SSSR count). The largest absolute Gasteiger partial charge is 0.493 e. The molecule has 0 saturated carbocycles. The number of esters is 1. The summed E-state index contributed by atoms with van der Waals surface area (Å²) in [6.45, 7) is 0.811. The number of ether oxygens (including phenoxy) is 3. The van der Waals surface area contributed by atoms with Crippen molar-refractivity contribution in [3.63, 3.8) is 0 Å². The van der Waals surface area contributed by atoms with Gasteiger partial charge >= 0.3 is 5.97 Å². The topological polar surface area (TPSA) is 81.2 Å². The Hall–Kier alpha value is -1.71. The van der Waals surface area contributed by atoms with Gasteiger partial charge in [-0.15, -0.1) is 24.0 Å². The van der Waals surface area contributed by atoms with Gasteiger partial charge in [-0.1, -0.05) is 12.8 Å². The number of aliphatic imine (C=N–C) groups is 1. The van der Waals surface area contributed by atoms with E-state index in [9.17, 15) is 4.79 Å². The molecule has 0 amide bonds. The van der Waals surface area contributed by atoms with E-state index in [-0.39, 0.29) is 29.9 Å². The first-order valence-corrected chi connectivity index (χ1v) is 8.41. The van der Waals surface area contributed by atoms with Crippen molar-refractivity contribution in [2.45, 2.75) is 32.1 Å². The molecule has 0 aliphatic carbocycles. The van der Waals surface area contributed by atoms with Crippen molar-refractivity contribution in [1.82, 2.24) is 5.32 Å². The molecule has 0 heterocycles. The molecule has 7 nitrogen and oxygen atoms in total. The van der Waals surface area contributed by atoms with Crippen molar-refractivity contribution in [2.24, 2.45) is 4.99 Å². The fourth-order valence-corrected chi connectivity index (χ4v) is 2.29. The van der Waals surface area contributed by atoms with Crippen LogP contribution in [-0.4, -0.2) is 46.9 Å². The van der Waals surface area contributed by atoms with Gasteiger partial charge in [-0.05, 0) is 25.0 Å². The van der Waals surface area contributed by atoms with Gasteiger partial charge in [0.25, 0.3) is 0 Å². The molecule has 148 valence electrons. The van der Waals surface area contributed by atoms with Gasteiger partial charge in [0.15, 0.2) is 17.5 Å². The van der Waals surface area contributed by atoms with Crippen molar-refractivity contribution in [2.75, 3.05) is 40.2 Å². The molecule has 0 aromatic heterocycles. The second-order valence-corrected chi connectivity index (χ2v) is 5.43. The normalized spacial score (nSPS) is 10.5. The first-order valence-electron chi connectivity index (χ1n) is 8.41. The Kier molecular flexibility index (Phi) is 13.5. The number of unbranched alkanes of at least 4 members (excludes halogenated alkanes) is 3. The number of benzene rings is 1. The van der Waals surface area contributed by atoms with Gasteiger partial charge in [0.05, 0.1) is 21.3 Å². The molecule has 8 heteroatoms. The van der Waals surface area contributed by atoms with E-state index in [0.717, 1.165) is 37.9 Å². The molecule has 0 spiro atoms. The fourth-order valence-electron chi connectivity index (χ4n) is 2.29. The minimum atomic E-state index is -0.141. The van der Waals surface area contributed by atoms with Crippen LogP contribution in [0.25, 0.3) is 0 Å². The highest BCUT2D eigenvalue weighted by atomic mass is 127. The molecule has 2 N–H and O–H groups in total. The van der Waals surface area contributed by atoms with Crippen LogP contribution in [0.2, 0.25) is 0 Å². The number of carbonyl (C=O) groups excluding carboxylic acids is 1. The maximum absolute atomic E-state index is 11.0. The summed E-state index contributed by atoms with van der Waals surface area (Å²) in [6, 6.07) is 5.61. The lowest BCUT2D eigenvalue weighted by Gasteiger charge is -2.14. The summed E-state index contributed by atoms with van der Waals surface area (Å²) in [7, 11) is 6.36. The van der Waals surface area contributed by atoms with Crippen LogP contribution in [0.1, 0.15) is 32.1 Å². The fraction of sp³-hybridized carbons (Fsp3) is 0.556. The number of rotatable bonds is 10. The summed E-state index contributed by atoms with van der Waals surface area (Å²) < 4.78 is 15.1. The zero-order valence-electron chi connectivity index (χ0n) is 16.0. The van der Waals surface area contributed by atoms with Crippen molar-refractivity contribution >= 4 is 41.6 Å². The van der Waals surface area contributed by atoms with E-state index >= 15 is 0 Å². The van der Waals surface area contributed by atoms with Crippen LogP contribution in [0.4, 0.5) is 5.69 Å². The van der Waals surface area contributed by atoms with Crippen molar-refractivity contribution in [3.8, 4) is 11.5 Å². The Morgan fingerprint density at radius 1 is 1.04 bits per heavy atom. The van der Waals surface area contributed by atoms with E-state index in [1.807, 2.05) is 18.2 Å². The maximum atomic E-state index is 11.0. The van der Waals surface area contributed by atoms with Gasteiger partial charge in [-0.2, -0.15) is 0 Å². The lowest BCUT2D eigenvalue weighted by Crippen LogP contribution is -2.31. The van der Waals surface area contributed by atoms with Gasteiger partial charge in [0.2, 0.25) is 0 Å². The van der Waals surface area contributed by atoms with E-state index in [1.54, 1.807) is 21.3 Å². The second-order valence-electron chi connectivity index (χ2n) is 5.43. The van der Waals surface area contributed by atoms with Crippen LogP contribution in [0.3, 0.4) is 0 Å². The maximum Gasteiger partial charge on any atom is 0.305 e. The Bertz CT molecular complexity index is 567. The molecule has 0 radical (unpaired) electrons. The monoisotopic (exact) mass is 479 g/mol. The van der Waals surface area contributed by atoms with E-state index < -0.39 is 0 Å². The number of nitrogens with one attached hydrogen (secondary N) is 2. The number of carbonyl (C=O) groups is 1. The third kappa shape index (κ3) is 9.12. The second kappa shape index (κ2) is 14.5. The van der Waals surface area contributed by atoms with Gasteiger partial charge in [0.1, 0.15) is 0 Å². The highest BCUT2D eigenvalue weighted by Gasteiger charge is 2.06. The number of hydrogen-bond acceptors (Lipinski definition) is 5. The molecule has 0 bridgehead atoms. The molecule has 0 aliphatic heterocycles. The van der Waals surface area contributed by atoms with E-state index in [2.05, 4.69) is 20.4 Å². The predicted octanol–water partition coefficient (Wildman–Crippen LogP) is 3.43. The molecule has 0 aliphatic rings. The van der Waals surface area contributed by atoms with Gasteiger partial charge in [-0.25, -0.2) is 0 Å². The highest BCUT2D eigenvalue weighted by molar-refractivity contribution is 14.0. The quantitative estimate of drug-likeness (QED) is 0.176. The Morgan fingerprint density at radius 2 is 1.73 bits per heavy atom. The van der Waals surface area contributed by atoms with Crippen LogP contribution >= 0.6 is 24.0 Å². The first kappa shape index (κ1) is 24.3. The Labute approximate surface area is 172 Å². The lowest BCUT2D eigenvalue weighted by atomic mass is 10.1. The van der Waals surface area contributed by atoms with Crippen LogP contribution in [0, 0.1) is 0 Å². The van der Waals surface area contributed by atoms with E-state index in [4.69, 9.17) is 9.47 Å². The van der Waals surface area contributed by atoms with Crippen molar-refractivity contribution < 1.29 is 19.0 Å². The lowest BCUT2D eigenvalue weighted by molar-refractivity contribution is -0.140. The first-order chi connectivity index (χ1) is 12.1. The van der Waals surface area contributed by atoms with Gasteiger partial charge < -0.3 is 24.8 Å². The molecule has 0 unspecified atom stereocenters. The number of nitrogens with zero attached hydrogens (tertiary/aromatic N) is 1. The Morgan fingerprint density at radius 3 is 2.35 bits per heavy atom. The molecule has 0 fully saturated rings. The predicted molar refractivity (Wildman–Crippen MR) is 115 cm³/mol. The third-order valence-electron chi connectivity index (χ3n) is 3.70. The van der Waals surface area contributed by atoms with Crippen LogP contribution in [0.5, 0.6) is 11.5 Å². The minimum absolute atomic E-state index is 0. The number of guanidine groups is 1. The average molecular weight is 479 g/mol. The number of halogens is 1. The zero-order chi connectivity index (χ0) is 18.5. The molecular formula is C18H30IN3O4. The van der Waals surface area contributed by atoms with Crippen LogP contribution < -0.4 is 20.1 Å². The number of anilines is 1.